The van der Waals surface area contributed by atoms with Gasteiger partial charge in [0.25, 0.3) is 0 Å². The van der Waals surface area contributed by atoms with E-state index < -0.39 is 0 Å². The molecule has 20 heavy (non-hydrogen) atoms. The number of rotatable bonds is 7. The molecule has 2 rings (SSSR count). The lowest BCUT2D eigenvalue weighted by atomic mass is 10.1. The molecule has 0 aliphatic carbocycles. The van der Waals surface area contributed by atoms with Gasteiger partial charge in [-0.25, -0.2) is 0 Å². The van der Waals surface area contributed by atoms with Crippen molar-refractivity contribution in [1.29, 1.82) is 0 Å². The van der Waals surface area contributed by atoms with E-state index in [1.165, 1.54) is 0 Å². The SMILES string of the molecule is CCCNC(c1c(OC)cnn1CC)C1COCCO1. The van der Waals surface area contributed by atoms with Crippen LogP contribution in [0.3, 0.4) is 0 Å². The molecule has 2 atom stereocenters. The van der Waals surface area contributed by atoms with Crippen molar-refractivity contribution in [3.63, 3.8) is 0 Å². The van der Waals surface area contributed by atoms with Gasteiger partial charge in [-0.2, -0.15) is 5.10 Å². The molecular formula is C14H25N3O3. The summed E-state index contributed by atoms with van der Waals surface area (Å²) < 4.78 is 18.9. The number of hydrogen-bond donors (Lipinski definition) is 1. The lowest BCUT2D eigenvalue weighted by Gasteiger charge is -2.31. The van der Waals surface area contributed by atoms with Gasteiger partial charge < -0.3 is 19.5 Å². The molecule has 1 aliphatic heterocycles. The molecule has 6 heteroatoms. The second-order valence-electron chi connectivity index (χ2n) is 4.83. The Hall–Kier alpha value is -1.11. The van der Waals surface area contributed by atoms with Gasteiger partial charge in [0.05, 0.1) is 39.2 Å². The van der Waals surface area contributed by atoms with E-state index in [1.807, 2.05) is 4.68 Å². The van der Waals surface area contributed by atoms with Gasteiger partial charge in [-0.3, -0.25) is 4.68 Å². The van der Waals surface area contributed by atoms with Crippen molar-refractivity contribution in [1.82, 2.24) is 15.1 Å². The van der Waals surface area contributed by atoms with E-state index in [1.54, 1.807) is 13.3 Å². The van der Waals surface area contributed by atoms with E-state index in [4.69, 9.17) is 14.2 Å². The van der Waals surface area contributed by atoms with Crippen LogP contribution in [0.15, 0.2) is 6.20 Å². The zero-order valence-electron chi connectivity index (χ0n) is 12.6. The van der Waals surface area contributed by atoms with E-state index in [-0.39, 0.29) is 12.1 Å². The number of methoxy groups -OCH3 is 1. The predicted octanol–water partition coefficient (Wildman–Crippen LogP) is 1.37. The first-order chi connectivity index (χ1) is 9.81. The summed E-state index contributed by atoms with van der Waals surface area (Å²) in [6.45, 7) is 7.85. The van der Waals surface area contributed by atoms with Crippen LogP contribution in [0.2, 0.25) is 0 Å². The summed E-state index contributed by atoms with van der Waals surface area (Å²) in [6.07, 6.45) is 2.82. The van der Waals surface area contributed by atoms with E-state index in [0.29, 0.717) is 19.8 Å². The fourth-order valence-corrected chi connectivity index (χ4v) is 2.50. The van der Waals surface area contributed by atoms with E-state index in [9.17, 15) is 0 Å². The molecule has 1 aliphatic rings. The normalized spacial score (nSPS) is 20.9. The molecule has 0 spiro atoms. The molecule has 2 heterocycles. The summed E-state index contributed by atoms with van der Waals surface area (Å²) in [5.41, 5.74) is 1.04. The third-order valence-corrected chi connectivity index (χ3v) is 3.49. The zero-order valence-corrected chi connectivity index (χ0v) is 12.6. The summed E-state index contributed by atoms with van der Waals surface area (Å²) in [4.78, 5) is 0. The average molecular weight is 283 g/mol. The van der Waals surface area contributed by atoms with Gasteiger partial charge in [0.2, 0.25) is 0 Å². The summed E-state index contributed by atoms with van der Waals surface area (Å²) in [7, 11) is 1.68. The molecule has 1 aromatic heterocycles. The van der Waals surface area contributed by atoms with E-state index in [2.05, 4.69) is 24.3 Å². The first-order valence-corrected chi connectivity index (χ1v) is 7.34. The van der Waals surface area contributed by atoms with Crippen molar-refractivity contribution < 1.29 is 14.2 Å². The van der Waals surface area contributed by atoms with Crippen LogP contribution >= 0.6 is 0 Å². The van der Waals surface area contributed by atoms with Crippen molar-refractivity contribution in [3.8, 4) is 5.75 Å². The molecular weight excluding hydrogens is 258 g/mol. The third-order valence-electron chi connectivity index (χ3n) is 3.49. The number of hydrogen-bond acceptors (Lipinski definition) is 5. The van der Waals surface area contributed by atoms with Gasteiger partial charge >= 0.3 is 0 Å². The van der Waals surface area contributed by atoms with Crippen LogP contribution in [0.5, 0.6) is 5.75 Å². The van der Waals surface area contributed by atoms with Crippen molar-refractivity contribution in [2.75, 3.05) is 33.5 Å². The van der Waals surface area contributed by atoms with Crippen LogP contribution in [0.25, 0.3) is 0 Å². The van der Waals surface area contributed by atoms with Gasteiger partial charge in [0.15, 0.2) is 5.75 Å². The van der Waals surface area contributed by atoms with Crippen molar-refractivity contribution in [2.45, 2.75) is 39.0 Å². The van der Waals surface area contributed by atoms with E-state index in [0.717, 1.165) is 31.0 Å². The standard InChI is InChI=1S/C14H25N3O3/c1-4-6-15-13(12-10-19-7-8-20-12)14-11(18-3)9-16-17(14)5-2/h9,12-13,15H,4-8,10H2,1-3H3. The highest BCUT2D eigenvalue weighted by Crippen LogP contribution is 2.29. The fraction of sp³-hybridized carbons (Fsp3) is 0.786. The molecule has 114 valence electrons. The Morgan fingerprint density at radius 2 is 2.35 bits per heavy atom. The van der Waals surface area contributed by atoms with Crippen molar-refractivity contribution in [2.24, 2.45) is 0 Å². The van der Waals surface area contributed by atoms with Crippen LogP contribution in [0.4, 0.5) is 0 Å². The minimum Gasteiger partial charge on any atom is -0.493 e. The Morgan fingerprint density at radius 3 is 2.95 bits per heavy atom. The minimum absolute atomic E-state index is 0.00815. The lowest BCUT2D eigenvalue weighted by Crippen LogP contribution is -2.42. The van der Waals surface area contributed by atoms with Gasteiger partial charge in [-0.05, 0) is 19.9 Å². The molecule has 0 amide bonds. The van der Waals surface area contributed by atoms with Gasteiger partial charge in [-0.1, -0.05) is 6.92 Å². The number of nitrogens with one attached hydrogen (secondary N) is 1. The quantitative estimate of drug-likeness (QED) is 0.819. The highest BCUT2D eigenvalue weighted by molar-refractivity contribution is 5.29. The molecule has 0 radical (unpaired) electrons. The maximum absolute atomic E-state index is 5.88. The van der Waals surface area contributed by atoms with Crippen molar-refractivity contribution >= 4 is 0 Å². The molecule has 0 bridgehead atoms. The minimum atomic E-state index is -0.00815. The molecule has 1 fully saturated rings. The van der Waals surface area contributed by atoms with Gasteiger partial charge in [0.1, 0.15) is 11.8 Å². The second kappa shape index (κ2) is 7.61. The predicted molar refractivity (Wildman–Crippen MR) is 76.0 cm³/mol. The second-order valence-corrected chi connectivity index (χ2v) is 4.83. The zero-order chi connectivity index (χ0) is 14.4. The maximum Gasteiger partial charge on any atom is 0.161 e. The van der Waals surface area contributed by atoms with Crippen LogP contribution < -0.4 is 10.1 Å². The van der Waals surface area contributed by atoms with Gasteiger partial charge in [0, 0.05) is 6.54 Å². The van der Waals surface area contributed by atoms with Crippen LogP contribution in [-0.2, 0) is 16.0 Å². The summed E-state index contributed by atoms with van der Waals surface area (Å²) in [5.74, 6) is 0.801. The maximum atomic E-state index is 5.88. The first kappa shape index (κ1) is 15.3. The number of aromatic nitrogens is 2. The average Bonchev–Trinajstić information content (AvgIpc) is 2.92. The Balaban J connectivity index is 2.26. The third kappa shape index (κ3) is 3.31. The summed E-state index contributed by atoms with van der Waals surface area (Å²) in [5, 5.41) is 7.93. The highest BCUT2D eigenvalue weighted by Gasteiger charge is 2.31. The Labute approximate surface area is 120 Å². The molecule has 0 saturated carbocycles. The Bertz CT molecular complexity index is 381. The molecule has 1 aromatic rings. The number of ether oxygens (including phenoxy) is 3. The van der Waals surface area contributed by atoms with Crippen LogP contribution in [-0.4, -0.2) is 49.4 Å². The Kier molecular flexibility index (Phi) is 5.82. The summed E-state index contributed by atoms with van der Waals surface area (Å²) >= 11 is 0. The van der Waals surface area contributed by atoms with Crippen LogP contribution in [0, 0.1) is 0 Å². The fourth-order valence-electron chi connectivity index (χ4n) is 2.50. The summed E-state index contributed by atoms with van der Waals surface area (Å²) in [6, 6.07) is 0.0349. The number of aryl methyl sites for hydroxylation is 1. The van der Waals surface area contributed by atoms with Crippen LogP contribution in [0.1, 0.15) is 32.0 Å². The van der Waals surface area contributed by atoms with E-state index >= 15 is 0 Å². The van der Waals surface area contributed by atoms with Crippen molar-refractivity contribution in [3.05, 3.63) is 11.9 Å². The molecule has 6 nitrogen and oxygen atoms in total. The molecule has 2 unspecified atom stereocenters. The highest BCUT2D eigenvalue weighted by atomic mass is 16.6. The number of nitrogens with zero attached hydrogens (tertiary/aromatic N) is 2. The Morgan fingerprint density at radius 1 is 1.50 bits per heavy atom. The van der Waals surface area contributed by atoms with Gasteiger partial charge in [-0.15, -0.1) is 0 Å². The molecule has 1 N–H and O–H groups in total. The largest absolute Gasteiger partial charge is 0.493 e. The topological polar surface area (TPSA) is 57.5 Å². The monoisotopic (exact) mass is 283 g/mol. The molecule has 1 saturated heterocycles. The lowest BCUT2D eigenvalue weighted by molar-refractivity contribution is -0.103. The molecule has 0 aromatic carbocycles. The first-order valence-electron chi connectivity index (χ1n) is 7.34. The smallest absolute Gasteiger partial charge is 0.161 e.